The molecule has 8 nitrogen and oxygen atoms in total. The molecule has 0 N–H and O–H groups in total. The van der Waals surface area contributed by atoms with Crippen molar-refractivity contribution in [2.24, 2.45) is 0 Å². The van der Waals surface area contributed by atoms with Gasteiger partial charge in [-0.05, 0) is 43.3 Å². The quantitative estimate of drug-likeness (QED) is 0.606. The molecule has 1 saturated heterocycles. The molecule has 4 rings (SSSR count). The Labute approximate surface area is 180 Å². The van der Waals surface area contributed by atoms with E-state index in [1.165, 1.54) is 0 Å². The van der Waals surface area contributed by atoms with E-state index in [1.807, 2.05) is 36.1 Å². The zero-order chi connectivity index (χ0) is 21.8. The van der Waals surface area contributed by atoms with Crippen LogP contribution < -0.4 is 19.9 Å². The highest BCUT2D eigenvalue weighted by molar-refractivity contribution is 5.78. The first-order valence-electron chi connectivity index (χ1n) is 10.4. The van der Waals surface area contributed by atoms with E-state index in [0.717, 1.165) is 16.8 Å². The molecule has 8 heteroatoms. The SMILES string of the molecule is CCn1c(=O)c(N2CCN(C(=O)COc3ccc(OC)cc3)CC2)nc2ccccc21. The molecule has 0 bridgehead atoms. The van der Waals surface area contributed by atoms with Crippen LogP contribution in [-0.2, 0) is 11.3 Å². The average Bonchev–Trinajstić information content (AvgIpc) is 2.82. The summed E-state index contributed by atoms with van der Waals surface area (Å²) in [6.45, 7) is 4.66. The smallest absolute Gasteiger partial charge is 0.293 e. The summed E-state index contributed by atoms with van der Waals surface area (Å²) >= 11 is 0. The van der Waals surface area contributed by atoms with Crippen molar-refractivity contribution in [3.63, 3.8) is 0 Å². The van der Waals surface area contributed by atoms with Crippen LogP contribution in [0.1, 0.15) is 6.92 Å². The molecule has 162 valence electrons. The van der Waals surface area contributed by atoms with Crippen molar-refractivity contribution < 1.29 is 14.3 Å². The summed E-state index contributed by atoms with van der Waals surface area (Å²) in [5, 5.41) is 0. The van der Waals surface area contributed by atoms with Gasteiger partial charge in [0.15, 0.2) is 12.4 Å². The highest BCUT2D eigenvalue weighted by atomic mass is 16.5. The Kier molecular flexibility index (Phi) is 6.06. The van der Waals surface area contributed by atoms with Gasteiger partial charge in [0.2, 0.25) is 0 Å². The molecule has 0 unspecified atom stereocenters. The predicted molar refractivity (Wildman–Crippen MR) is 119 cm³/mol. The largest absolute Gasteiger partial charge is 0.497 e. The van der Waals surface area contributed by atoms with E-state index in [2.05, 4.69) is 4.98 Å². The summed E-state index contributed by atoms with van der Waals surface area (Å²) in [6, 6.07) is 14.8. The maximum absolute atomic E-state index is 13.0. The molecule has 1 aromatic heterocycles. The molecular formula is C23H26N4O4. The molecule has 1 amide bonds. The minimum atomic E-state index is -0.0937. The van der Waals surface area contributed by atoms with E-state index in [-0.39, 0.29) is 18.1 Å². The number of fused-ring (bicyclic) bond motifs is 1. The number of benzene rings is 2. The minimum Gasteiger partial charge on any atom is -0.497 e. The van der Waals surface area contributed by atoms with Gasteiger partial charge in [-0.2, -0.15) is 0 Å². The van der Waals surface area contributed by atoms with Gasteiger partial charge in [-0.15, -0.1) is 0 Å². The lowest BCUT2D eigenvalue weighted by atomic mass is 10.2. The number of hydrogen-bond acceptors (Lipinski definition) is 6. The van der Waals surface area contributed by atoms with E-state index < -0.39 is 0 Å². The average molecular weight is 422 g/mol. The Hall–Kier alpha value is -3.55. The van der Waals surface area contributed by atoms with Gasteiger partial charge in [0.25, 0.3) is 11.5 Å². The lowest BCUT2D eigenvalue weighted by molar-refractivity contribution is -0.133. The van der Waals surface area contributed by atoms with Gasteiger partial charge in [0.05, 0.1) is 18.1 Å². The Morgan fingerprint density at radius 2 is 1.68 bits per heavy atom. The molecule has 1 aliphatic rings. The first-order chi connectivity index (χ1) is 15.1. The van der Waals surface area contributed by atoms with Gasteiger partial charge in [-0.25, -0.2) is 4.98 Å². The van der Waals surface area contributed by atoms with Crippen LogP contribution in [0.25, 0.3) is 11.0 Å². The summed E-state index contributed by atoms with van der Waals surface area (Å²) in [4.78, 5) is 33.9. The molecule has 1 aliphatic heterocycles. The van der Waals surface area contributed by atoms with Crippen LogP contribution >= 0.6 is 0 Å². The van der Waals surface area contributed by atoms with Crippen LogP contribution in [0.5, 0.6) is 11.5 Å². The summed E-state index contributed by atoms with van der Waals surface area (Å²) in [5.41, 5.74) is 1.54. The monoisotopic (exact) mass is 422 g/mol. The van der Waals surface area contributed by atoms with Crippen molar-refractivity contribution in [2.75, 3.05) is 44.8 Å². The number of aromatic nitrogens is 2. The van der Waals surface area contributed by atoms with Gasteiger partial charge in [-0.3, -0.25) is 9.59 Å². The highest BCUT2D eigenvalue weighted by Crippen LogP contribution is 2.18. The maximum Gasteiger partial charge on any atom is 0.293 e. The number of hydrogen-bond donors (Lipinski definition) is 0. The van der Waals surface area contributed by atoms with Crippen molar-refractivity contribution in [1.82, 2.24) is 14.5 Å². The number of ether oxygens (including phenoxy) is 2. The summed E-state index contributed by atoms with van der Waals surface area (Å²) in [5.74, 6) is 1.72. The van der Waals surface area contributed by atoms with E-state index in [4.69, 9.17) is 9.47 Å². The first kappa shape index (κ1) is 20.7. The molecule has 31 heavy (non-hydrogen) atoms. The number of para-hydroxylation sites is 2. The molecular weight excluding hydrogens is 396 g/mol. The summed E-state index contributed by atoms with van der Waals surface area (Å²) in [7, 11) is 1.60. The molecule has 2 heterocycles. The Morgan fingerprint density at radius 1 is 1.00 bits per heavy atom. The zero-order valence-electron chi connectivity index (χ0n) is 17.8. The van der Waals surface area contributed by atoms with Crippen molar-refractivity contribution in [1.29, 1.82) is 0 Å². The van der Waals surface area contributed by atoms with E-state index in [9.17, 15) is 9.59 Å². The number of carbonyl (C=O) groups is 1. The number of rotatable bonds is 6. The third kappa shape index (κ3) is 4.33. The number of piperazine rings is 1. The summed E-state index contributed by atoms with van der Waals surface area (Å²) in [6.07, 6.45) is 0. The minimum absolute atomic E-state index is 0.0246. The molecule has 0 aliphatic carbocycles. The van der Waals surface area contributed by atoms with Crippen molar-refractivity contribution in [3.05, 3.63) is 58.9 Å². The van der Waals surface area contributed by atoms with E-state index in [1.54, 1.807) is 40.8 Å². The predicted octanol–water partition coefficient (Wildman–Crippen LogP) is 2.15. The second-order valence-electron chi connectivity index (χ2n) is 7.31. The van der Waals surface area contributed by atoms with Gasteiger partial charge < -0.3 is 23.8 Å². The molecule has 0 radical (unpaired) electrons. The number of anilines is 1. The lowest BCUT2D eigenvalue weighted by Gasteiger charge is -2.35. The van der Waals surface area contributed by atoms with Crippen LogP contribution in [0.4, 0.5) is 5.82 Å². The normalized spacial score (nSPS) is 14.0. The van der Waals surface area contributed by atoms with Crippen molar-refractivity contribution >= 4 is 22.8 Å². The first-order valence-corrected chi connectivity index (χ1v) is 10.4. The number of amides is 1. The van der Waals surface area contributed by atoms with Gasteiger partial charge in [-0.1, -0.05) is 12.1 Å². The maximum atomic E-state index is 13.0. The Morgan fingerprint density at radius 3 is 2.35 bits per heavy atom. The van der Waals surface area contributed by atoms with Crippen LogP contribution in [0, 0.1) is 0 Å². The fourth-order valence-corrected chi connectivity index (χ4v) is 3.77. The van der Waals surface area contributed by atoms with Crippen molar-refractivity contribution in [3.8, 4) is 11.5 Å². The van der Waals surface area contributed by atoms with Gasteiger partial charge >= 0.3 is 0 Å². The number of methoxy groups -OCH3 is 1. The van der Waals surface area contributed by atoms with Crippen LogP contribution in [-0.4, -0.2) is 60.3 Å². The Balaban J connectivity index is 1.39. The second kappa shape index (κ2) is 9.07. The number of carbonyl (C=O) groups excluding carboxylic acids is 1. The van der Waals surface area contributed by atoms with Gasteiger partial charge in [0.1, 0.15) is 11.5 Å². The standard InChI is InChI=1S/C23H26N4O4/c1-3-27-20-7-5-4-6-19(20)24-22(23(27)29)26-14-12-25(13-15-26)21(28)16-31-18-10-8-17(30-2)9-11-18/h4-11H,3,12-16H2,1-2H3. The lowest BCUT2D eigenvalue weighted by Crippen LogP contribution is -2.51. The van der Waals surface area contributed by atoms with Crippen LogP contribution in [0.15, 0.2) is 53.3 Å². The van der Waals surface area contributed by atoms with E-state index >= 15 is 0 Å². The zero-order valence-corrected chi connectivity index (χ0v) is 17.8. The summed E-state index contributed by atoms with van der Waals surface area (Å²) < 4.78 is 12.5. The number of aryl methyl sites for hydroxylation is 1. The molecule has 3 aromatic rings. The van der Waals surface area contributed by atoms with Gasteiger partial charge in [0, 0.05) is 32.7 Å². The number of nitrogens with zero attached hydrogens (tertiary/aromatic N) is 4. The second-order valence-corrected chi connectivity index (χ2v) is 7.31. The Bertz CT molecular complexity index is 1120. The van der Waals surface area contributed by atoms with Crippen molar-refractivity contribution in [2.45, 2.75) is 13.5 Å². The molecule has 2 aromatic carbocycles. The highest BCUT2D eigenvalue weighted by Gasteiger charge is 2.24. The molecule has 0 spiro atoms. The molecule has 0 saturated carbocycles. The van der Waals surface area contributed by atoms with E-state index in [0.29, 0.717) is 44.3 Å². The molecule has 1 fully saturated rings. The third-order valence-corrected chi connectivity index (χ3v) is 5.51. The fraction of sp³-hybridized carbons (Fsp3) is 0.348. The molecule has 0 atom stereocenters. The fourth-order valence-electron chi connectivity index (χ4n) is 3.77. The topological polar surface area (TPSA) is 76.9 Å². The van der Waals surface area contributed by atoms with Crippen LogP contribution in [0.3, 0.4) is 0 Å². The van der Waals surface area contributed by atoms with Crippen LogP contribution in [0.2, 0.25) is 0 Å². The third-order valence-electron chi connectivity index (χ3n) is 5.51.